The number of hydrogen-bond donors (Lipinski definition) is 2. The van der Waals surface area contributed by atoms with E-state index in [1.54, 1.807) is 18.7 Å². The number of nitrogens with two attached hydrogens (primary N) is 1. The van der Waals surface area contributed by atoms with Gasteiger partial charge >= 0.3 is 0 Å². The van der Waals surface area contributed by atoms with Crippen LogP contribution in [0.25, 0.3) is 0 Å². The first kappa shape index (κ1) is 23.4. The molecule has 0 spiro atoms. The molecule has 1 fully saturated rings. The van der Waals surface area contributed by atoms with Gasteiger partial charge in [0.05, 0.1) is 16.1 Å². The number of amides is 2. The SMILES string of the molecule is CC(C)S(=O)(=O)c1ccc(C(=O)N2CCCC(C(=O)NCCN)C2)cc1.Cl. The largest absolute Gasteiger partial charge is 0.355 e. The lowest BCUT2D eigenvalue weighted by Crippen LogP contribution is -2.46. The predicted octanol–water partition coefficient (Wildman–Crippen LogP) is 1.22. The van der Waals surface area contributed by atoms with E-state index in [2.05, 4.69) is 5.32 Å². The monoisotopic (exact) mass is 417 g/mol. The van der Waals surface area contributed by atoms with E-state index < -0.39 is 15.1 Å². The number of sulfone groups is 1. The van der Waals surface area contributed by atoms with Crippen LogP contribution in [0.1, 0.15) is 37.0 Å². The molecule has 1 aliphatic rings. The maximum Gasteiger partial charge on any atom is 0.253 e. The third-order valence-electron chi connectivity index (χ3n) is 4.57. The summed E-state index contributed by atoms with van der Waals surface area (Å²) in [7, 11) is -3.36. The third kappa shape index (κ3) is 5.67. The molecule has 9 heteroatoms. The van der Waals surface area contributed by atoms with Crippen molar-refractivity contribution in [2.75, 3.05) is 26.2 Å². The number of likely N-dealkylation sites (tertiary alicyclic amines) is 1. The molecule has 2 rings (SSSR count). The van der Waals surface area contributed by atoms with Gasteiger partial charge in [0.1, 0.15) is 0 Å². The molecule has 0 aliphatic carbocycles. The molecule has 1 aliphatic heterocycles. The summed E-state index contributed by atoms with van der Waals surface area (Å²) >= 11 is 0. The first-order valence-electron chi connectivity index (χ1n) is 8.88. The first-order valence-corrected chi connectivity index (χ1v) is 10.4. The van der Waals surface area contributed by atoms with Crippen LogP contribution in [0.3, 0.4) is 0 Å². The Morgan fingerprint density at radius 3 is 2.44 bits per heavy atom. The summed E-state index contributed by atoms with van der Waals surface area (Å²) in [5.74, 6) is -0.499. The number of nitrogens with zero attached hydrogens (tertiary/aromatic N) is 1. The lowest BCUT2D eigenvalue weighted by Gasteiger charge is -2.32. The van der Waals surface area contributed by atoms with E-state index in [9.17, 15) is 18.0 Å². The summed E-state index contributed by atoms with van der Waals surface area (Å²) in [4.78, 5) is 26.7. The minimum Gasteiger partial charge on any atom is -0.355 e. The minimum absolute atomic E-state index is 0. The van der Waals surface area contributed by atoms with Crippen molar-refractivity contribution < 1.29 is 18.0 Å². The fraction of sp³-hybridized carbons (Fsp3) is 0.556. The van der Waals surface area contributed by atoms with Crippen molar-refractivity contribution in [3.8, 4) is 0 Å². The van der Waals surface area contributed by atoms with Gasteiger partial charge in [0, 0.05) is 31.7 Å². The van der Waals surface area contributed by atoms with Crippen LogP contribution in [0.5, 0.6) is 0 Å². The van der Waals surface area contributed by atoms with Crippen LogP contribution in [0.2, 0.25) is 0 Å². The van der Waals surface area contributed by atoms with E-state index in [-0.39, 0.29) is 35.0 Å². The van der Waals surface area contributed by atoms with Gasteiger partial charge < -0.3 is 16.0 Å². The van der Waals surface area contributed by atoms with E-state index in [0.717, 1.165) is 12.8 Å². The van der Waals surface area contributed by atoms with Crippen molar-refractivity contribution in [3.63, 3.8) is 0 Å². The van der Waals surface area contributed by atoms with E-state index >= 15 is 0 Å². The van der Waals surface area contributed by atoms with Crippen LogP contribution in [-0.2, 0) is 14.6 Å². The summed E-state index contributed by atoms with van der Waals surface area (Å²) in [5.41, 5.74) is 5.82. The second-order valence-electron chi connectivity index (χ2n) is 6.79. The zero-order valence-electron chi connectivity index (χ0n) is 15.7. The van der Waals surface area contributed by atoms with Crippen molar-refractivity contribution in [2.45, 2.75) is 36.8 Å². The second kappa shape index (κ2) is 10.1. The Hall–Kier alpha value is -1.64. The van der Waals surface area contributed by atoms with Crippen molar-refractivity contribution in [2.24, 2.45) is 11.7 Å². The summed E-state index contributed by atoms with van der Waals surface area (Å²) in [5, 5.41) is 2.25. The van der Waals surface area contributed by atoms with Crippen LogP contribution in [-0.4, -0.2) is 56.6 Å². The Balaban J connectivity index is 0.00000364. The van der Waals surface area contributed by atoms with Gasteiger partial charge in [-0.3, -0.25) is 9.59 Å². The summed E-state index contributed by atoms with van der Waals surface area (Å²) < 4.78 is 24.3. The van der Waals surface area contributed by atoms with Crippen molar-refractivity contribution in [1.82, 2.24) is 10.2 Å². The lowest BCUT2D eigenvalue weighted by molar-refractivity contribution is -0.126. The molecule has 0 radical (unpaired) electrons. The highest BCUT2D eigenvalue weighted by Gasteiger charge is 2.29. The number of piperidine rings is 1. The highest BCUT2D eigenvalue weighted by molar-refractivity contribution is 7.92. The Labute approximate surface area is 167 Å². The van der Waals surface area contributed by atoms with Gasteiger partial charge in [0.25, 0.3) is 5.91 Å². The number of rotatable bonds is 6. The van der Waals surface area contributed by atoms with E-state index in [1.165, 1.54) is 24.3 Å². The third-order valence-corrected chi connectivity index (χ3v) is 6.74. The standard InChI is InChI=1S/C18H27N3O4S.ClH/c1-13(2)26(24,25)16-7-5-14(6-8-16)18(23)21-11-3-4-15(12-21)17(22)20-10-9-19;/h5-8,13,15H,3-4,9-12,19H2,1-2H3,(H,20,22);1H. The van der Waals surface area contributed by atoms with E-state index in [4.69, 9.17) is 5.73 Å². The number of carbonyl (C=O) groups is 2. The maximum atomic E-state index is 12.7. The van der Waals surface area contributed by atoms with Gasteiger partial charge in [-0.15, -0.1) is 12.4 Å². The molecule has 1 atom stereocenters. The molecule has 3 N–H and O–H groups in total. The fourth-order valence-electron chi connectivity index (χ4n) is 2.96. The molecular weight excluding hydrogens is 390 g/mol. The van der Waals surface area contributed by atoms with Crippen LogP contribution in [0, 0.1) is 5.92 Å². The molecule has 27 heavy (non-hydrogen) atoms. The lowest BCUT2D eigenvalue weighted by atomic mass is 9.96. The molecule has 0 aromatic heterocycles. The molecule has 7 nitrogen and oxygen atoms in total. The maximum absolute atomic E-state index is 12.7. The van der Waals surface area contributed by atoms with Gasteiger partial charge in [-0.2, -0.15) is 0 Å². The first-order chi connectivity index (χ1) is 12.3. The Morgan fingerprint density at radius 2 is 1.89 bits per heavy atom. The topological polar surface area (TPSA) is 110 Å². The van der Waals surface area contributed by atoms with Crippen LogP contribution >= 0.6 is 12.4 Å². The average molecular weight is 418 g/mol. The molecule has 1 unspecified atom stereocenters. The molecule has 152 valence electrons. The van der Waals surface area contributed by atoms with Gasteiger partial charge in [0.2, 0.25) is 5.91 Å². The van der Waals surface area contributed by atoms with Gasteiger partial charge in [-0.05, 0) is 51.0 Å². The number of halogens is 1. The summed E-state index contributed by atoms with van der Waals surface area (Å²) in [6, 6.07) is 6.02. The minimum atomic E-state index is -3.36. The van der Waals surface area contributed by atoms with Gasteiger partial charge in [-0.1, -0.05) is 0 Å². The number of benzene rings is 1. The molecule has 1 saturated heterocycles. The number of carbonyl (C=O) groups excluding carboxylic acids is 2. The van der Waals surface area contributed by atoms with Crippen LogP contribution in [0.15, 0.2) is 29.2 Å². The second-order valence-corrected chi connectivity index (χ2v) is 9.29. The molecule has 2 amide bonds. The average Bonchev–Trinajstić information content (AvgIpc) is 2.65. The number of hydrogen-bond acceptors (Lipinski definition) is 5. The zero-order valence-corrected chi connectivity index (χ0v) is 17.3. The van der Waals surface area contributed by atoms with Crippen molar-refractivity contribution in [3.05, 3.63) is 29.8 Å². The smallest absolute Gasteiger partial charge is 0.253 e. The molecule has 1 aromatic rings. The Bertz CT molecular complexity index is 750. The molecular formula is C18H28ClN3O4S. The fourth-order valence-corrected chi connectivity index (χ4v) is 4.02. The molecule has 0 bridgehead atoms. The van der Waals surface area contributed by atoms with Crippen LogP contribution in [0.4, 0.5) is 0 Å². The Morgan fingerprint density at radius 1 is 1.26 bits per heavy atom. The van der Waals surface area contributed by atoms with Gasteiger partial charge in [-0.25, -0.2) is 8.42 Å². The Kier molecular flexibility index (Phi) is 8.71. The predicted molar refractivity (Wildman–Crippen MR) is 107 cm³/mol. The molecule has 0 saturated carbocycles. The van der Waals surface area contributed by atoms with Crippen molar-refractivity contribution in [1.29, 1.82) is 0 Å². The molecule has 1 aromatic carbocycles. The highest BCUT2D eigenvalue weighted by Crippen LogP contribution is 2.21. The normalized spacial score (nSPS) is 17.3. The van der Waals surface area contributed by atoms with E-state index in [0.29, 0.717) is 31.7 Å². The van der Waals surface area contributed by atoms with Crippen molar-refractivity contribution >= 4 is 34.1 Å². The zero-order chi connectivity index (χ0) is 19.3. The quantitative estimate of drug-likeness (QED) is 0.723. The number of nitrogens with one attached hydrogen (secondary N) is 1. The van der Waals surface area contributed by atoms with E-state index in [1.807, 2.05) is 0 Å². The van der Waals surface area contributed by atoms with Crippen LogP contribution < -0.4 is 11.1 Å². The van der Waals surface area contributed by atoms with Gasteiger partial charge in [0.15, 0.2) is 9.84 Å². The molecule has 1 heterocycles. The summed E-state index contributed by atoms with van der Waals surface area (Å²) in [6.07, 6.45) is 1.50. The summed E-state index contributed by atoms with van der Waals surface area (Å²) in [6.45, 7) is 5.00. The highest BCUT2D eigenvalue weighted by atomic mass is 35.5.